The highest BCUT2D eigenvalue weighted by Gasteiger charge is 2.31. The number of esters is 4. The molecule has 0 aromatic rings. The van der Waals surface area contributed by atoms with Gasteiger partial charge in [-0.2, -0.15) is 0 Å². The zero-order valence-corrected chi connectivity index (χ0v) is 74.4. The lowest BCUT2D eigenvalue weighted by Crippen LogP contribution is -2.30. The standard InChI is InChI=1S/C91H178O17P2/c1-7-10-12-14-16-18-20-22-24-26-28-29-30-31-33-37-42-46-50-58-64-70-75-90(95)107-86(79-101-88(93)73-67-61-55-48-44-40-38-34-35-39-43-47-53-59-65-71-83(4)5)81-105-109(97,98)103-77-85(92)78-104-110(99,100)106-82-87(80-102-89(94)74-68-62-56-52-51-54-60-66-72-84(6)9-3)108-91(96)76-69-63-57-49-45-41-36-32-27-25-23-21-19-17-15-13-11-8-2/h83-87,92H,7-82H2,1-6H3,(H,97,98)(H,99,100)/t84?,85-,86-,87-/m1/s1. The molecule has 0 heterocycles. The Labute approximate surface area is 677 Å². The third kappa shape index (κ3) is 82.6. The van der Waals surface area contributed by atoms with E-state index in [9.17, 15) is 43.2 Å². The number of ether oxygens (including phenoxy) is 4. The minimum atomic E-state index is -4.97. The second-order valence-corrected chi connectivity index (χ2v) is 36.3. The van der Waals surface area contributed by atoms with Crippen LogP contribution in [0.25, 0.3) is 0 Å². The summed E-state index contributed by atoms with van der Waals surface area (Å²) in [5.41, 5.74) is 0. The van der Waals surface area contributed by atoms with Crippen LogP contribution in [0, 0.1) is 11.8 Å². The largest absolute Gasteiger partial charge is 0.472 e. The average Bonchev–Trinajstić information content (AvgIpc) is 0.899. The summed E-state index contributed by atoms with van der Waals surface area (Å²) < 4.78 is 69.1. The van der Waals surface area contributed by atoms with E-state index < -0.39 is 97.5 Å². The second kappa shape index (κ2) is 82.2. The van der Waals surface area contributed by atoms with Crippen molar-refractivity contribution in [1.82, 2.24) is 0 Å². The van der Waals surface area contributed by atoms with Crippen molar-refractivity contribution in [1.29, 1.82) is 0 Å². The molecule has 0 aliphatic rings. The minimum absolute atomic E-state index is 0.108. The Morgan fingerprint density at radius 2 is 0.464 bits per heavy atom. The minimum Gasteiger partial charge on any atom is -0.462 e. The van der Waals surface area contributed by atoms with Crippen LogP contribution in [-0.2, 0) is 65.4 Å². The summed E-state index contributed by atoms with van der Waals surface area (Å²) in [6.07, 6.45) is 76.4. The summed E-state index contributed by atoms with van der Waals surface area (Å²) in [6.45, 7) is 9.73. The van der Waals surface area contributed by atoms with Gasteiger partial charge >= 0.3 is 39.5 Å². The van der Waals surface area contributed by atoms with E-state index in [4.69, 9.17) is 37.0 Å². The van der Waals surface area contributed by atoms with Crippen molar-refractivity contribution in [2.24, 2.45) is 11.8 Å². The average molecular weight is 1610 g/mol. The van der Waals surface area contributed by atoms with E-state index in [1.807, 2.05) is 0 Å². The number of hydrogen-bond acceptors (Lipinski definition) is 15. The first kappa shape index (κ1) is 108. The maximum Gasteiger partial charge on any atom is 0.472 e. The van der Waals surface area contributed by atoms with Gasteiger partial charge in [-0.15, -0.1) is 0 Å². The van der Waals surface area contributed by atoms with Gasteiger partial charge in [0.2, 0.25) is 0 Å². The predicted molar refractivity (Wildman–Crippen MR) is 455 cm³/mol. The summed E-state index contributed by atoms with van der Waals surface area (Å²) in [6, 6.07) is 0. The molecule has 0 bridgehead atoms. The van der Waals surface area contributed by atoms with Crippen LogP contribution in [0.5, 0.6) is 0 Å². The maximum absolute atomic E-state index is 13.2. The third-order valence-electron chi connectivity index (χ3n) is 21.8. The van der Waals surface area contributed by atoms with Gasteiger partial charge in [0.25, 0.3) is 0 Å². The monoisotopic (exact) mass is 1610 g/mol. The Bertz CT molecular complexity index is 2100. The van der Waals surface area contributed by atoms with Gasteiger partial charge in [0.05, 0.1) is 26.4 Å². The number of hydrogen-bond donors (Lipinski definition) is 3. The summed E-state index contributed by atoms with van der Waals surface area (Å²) in [5.74, 6) is -0.513. The fourth-order valence-electron chi connectivity index (χ4n) is 14.3. The van der Waals surface area contributed by atoms with E-state index in [0.717, 1.165) is 102 Å². The van der Waals surface area contributed by atoms with Crippen molar-refractivity contribution in [2.45, 2.75) is 509 Å². The second-order valence-electron chi connectivity index (χ2n) is 33.4. The van der Waals surface area contributed by atoms with E-state index >= 15 is 0 Å². The van der Waals surface area contributed by atoms with Crippen molar-refractivity contribution < 1.29 is 80.2 Å². The van der Waals surface area contributed by atoms with Gasteiger partial charge < -0.3 is 33.8 Å². The van der Waals surface area contributed by atoms with Crippen molar-refractivity contribution >= 4 is 39.5 Å². The van der Waals surface area contributed by atoms with Crippen LogP contribution < -0.4 is 0 Å². The third-order valence-corrected chi connectivity index (χ3v) is 23.7. The Balaban J connectivity index is 5.25. The molecule has 3 N–H and O–H groups in total. The molecule has 6 atom stereocenters. The first-order chi connectivity index (χ1) is 53.4. The highest BCUT2D eigenvalue weighted by Crippen LogP contribution is 2.45. The van der Waals surface area contributed by atoms with Gasteiger partial charge in [0.1, 0.15) is 19.3 Å². The molecule has 0 aromatic carbocycles. The van der Waals surface area contributed by atoms with Crippen LogP contribution in [0.1, 0.15) is 491 Å². The Morgan fingerprint density at radius 1 is 0.264 bits per heavy atom. The number of aliphatic hydroxyl groups is 1. The number of carbonyl (C=O) groups is 4. The molecule has 0 spiro atoms. The molecule has 0 aliphatic heterocycles. The molecular formula is C91H178O17P2. The number of phosphoric ester groups is 2. The lowest BCUT2D eigenvalue weighted by atomic mass is 9.99. The van der Waals surface area contributed by atoms with E-state index in [1.54, 1.807) is 0 Å². The van der Waals surface area contributed by atoms with Crippen molar-refractivity contribution in [3.63, 3.8) is 0 Å². The predicted octanol–water partition coefficient (Wildman–Crippen LogP) is 28.2. The maximum atomic E-state index is 13.2. The van der Waals surface area contributed by atoms with Gasteiger partial charge in [-0.25, -0.2) is 9.13 Å². The van der Waals surface area contributed by atoms with E-state index in [-0.39, 0.29) is 25.7 Å². The summed E-state index contributed by atoms with van der Waals surface area (Å²) in [4.78, 5) is 73.4. The van der Waals surface area contributed by atoms with Crippen molar-refractivity contribution in [3.05, 3.63) is 0 Å². The van der Waals surface area contributed by atoms with E-state index in [0.29, 0.717) is 25.7 Å². The zero-order chi connectivity index (χ0) is 80.6. The summed E-state index contributed by atoms with van der Waals surface area (Å²) in [5, 5.41) is 10.7. The van der Waals surface area contributed by atoms with Crippen molar-refractivity contribution in [2.75, 3.05) is 39.6 Å². The Morgan fingerprint density at radius 3 is 0.691 bits per heavy atom. The molecule has 0 saturated heterocycles. The molecule has 0 aliphatic carbocycles. The topological polar surface area (TPSA) is 237 Å². The van der Waals surface area contributed by atoms with Crippen LogP contribution >= 0.6 is 15.6 Å². The van der Waals surface area contributed by atoms with Gasteiger partial charge in [-0.1, -0.05) is 440 Å². The number of phosphoric acid groups is 2. The van der Waals surface area contributed by atoms with Crippen LogP contribution in [0.3, 0.4) is 0 Å². The Kier molecular flexibility index (Phi) is 80.7. The molecular weight excluding hydrogens is 1430 g/mol. The quantitative estimate of drug-likeness (QED) is 0.0222. The molecule has 654 valence electrons. The highest BCUT2D eigenvalue weighted by atomic mass is 31.2. The number of rotatable bonds is 90. The normalized spacial score (nSPS) is 14.0. The van der Waals surface area contributed by atoms with Gasteiger partial charge in [0.15, 0.2) is 12.2 Å². The van der Waals surface area contributed by atoms with Crippen LogP contribution in [0.2, 0.25) is 0 Å². The van der Waals surface area contributed by atoms with Crippen LogP contribution in [0.4, 0.5) is 0 Å². The molecule has 0 saturated carbocycles. The highest BCUT2D eigenvalue weighted by molar-refractivity contribution is 7.47. The van der Waals surface area contributed by atoms with Crippen LogP contribution in [0.15, 0.2) is 0 Å². The molecule has 3 unspecified atom stereocenters. The fraction of sp³-hybridized carbons (Fsp3) is 0.956. The van der Waals surface area contributed by atoms with E-state index in [1.165, 1.54) is 308 Å². The molecule has 19 heteroatoms. The molecule has 0 fully saturated rings. The first-order valence-electron chi connectivity index (χ1n) is 47.0. The Hall–Kier alpha value is -1.94. The van der Waals surface area contributed by atoms with Gasteiger partial charge in [-0.3, -0.25) is 37.3 Å². The molecule has 0 rings (SSSR count). The van der Waals surface area contributed by atoms with Crippen molar-refractivity contribution in [3.8, 4) is 0 Å². The van der Waals surface area contributed by atoms with Gasteiger partial charge in [0, 0.05) is 25.7 Å². The lowest BCUT2D eigenvalue weighted by Gasteiger charge is -2.21. The molecule has 0 amide bonds. The zero-order valence-electron chi connectivity index (χ0n) is 72.6. The number of aliphatic hydroxyl groups excluding tert-OH is 1. The summed E-state index contributed by atoms with van der Waals surface area (Å²) >= 11 is 0. The summed E-state index contributed by atoms with van der Waals surface area (Å²) in [7, 11) is -9.94. The number of carbonyl (C=O) groups excluding carboxylic acids is 4. The van der Waals surface area contributed by atoms with Gasteiger partial charge in [-0.05, 0) is 37.5 Å². The lowest BCUT2D eigenvalue weighted by molar-refractivity contribution is -0.161. The smallest absolute Gasteiger partial charge is 0.462 e. The number of unbranched alkanes of at least 4 members (excludes halogenated alkanes) is 59. The van der Waals surface area contributed by atoms with E-state index in [2.05, 4.69) is 41.5 Å². The molecule has 0 radical (unpaired) electrons. The molecule has 17 nitrogen and oxygen atoms in total. The van der Waals surface area contributed by atoms with Crippen LogP contribution in [-0.4, -0.2) is 96.7 Å². The SMILES string of the molecule is CCCCCCCCCCCCCCCCCCCCCCCCC(=O)O[C@H](COC(=O)CCCCCCCCCCCCCCCCCC(C)C)COP(=O)(O)OC[C@@H](O)COP(=O)(O)OC[C@@H](COC(=O)CCCCCCCCCCC(C)CC)OC(=O)CCCCCCCCCCCCCCCCCCCC. The first-order valence-corrected chi connectivity index (χ1v) is 50.0. The molecule has 0 aromatic heterocycles. The fourth-order valence-corrected chi connectivity index (χ4v) is 15.9. The molecule has 110 heavy (non-hydrogen) atoms.